The second-order valence-electron chi connectivity index (χ2n) is 4.98. The van der Waals surface area contributed by atoms with Crippen LogP contribution < -0.4 is 10.0 Å². The van der Waals surface area contributed by atoms with Crippen LogP contribution in [-0.2, 0) is 16.6 Å². The van der Waals surface area contributed by atoms with E-state index < -0.39 is 10.0 Å². The minimum atomic E-state index is -3.67. The Morgan fingerprint density at radius 1 is 1.17 bits per heavy atom. The molecule has 5 nitrogen and oxygen atoms in total. The number of carbonyl (C=O) groups excluding carboxylic acids is 1. The number of hydrogen-bond acceptors (Lipinski definition) is 3. The topological polar surface area (TPSA) is 75.3 Å². The van der Waals surface area contributed by atoms with Crippen molar-refractivity contribution >= 4 is 27.5 Å². The highest BCUT2D eigenvalue weighted by Gasteiger charge is 2.15. The molecule has 2 N–H and O–H groups in total. The van der Waals surface area contributed by atoms with E-state index in [9.17, 15) is 13.2 Å². The first-order valence-corrected chi connectivity index (χ1v) is 9.02. The summed E-state index contributed by atoms with van der Waals surface area (Å²) in [6, 6.07) is 13.0. The zero-order chi connectivity index (χ0) is 17.6. The molecule has 0 aromatic heterocycles. The number of halogens is 1. The van der Waals surface area contributed by atoms with Crippen LogP contribution in [-0.4, -0.2) is 20.9 Å². The predicted octanol–water partition coefficient (Wildman–Crippen LogP) is 2.73. The third-order valence-electron chi connectivity index (χ3n) is 3.17. The molecule has 24 heavy (non-hydrogen) atoms. The molecule has 2 rings (SSSR count). The van der Waals surface area contributed by atoms with Crippen molar-refractivity contribution in [3.8, 4) is 0 Å². The maximum atomic E-state index is 12.2. The van der Waals surface area contributed by atoms with E-state index in [1.807, 2.05) is 6.07 Å². The Morgan fingerprint density at radius 2 is 1.92 bits per heavy atom. The van der Waals surface area contributed by atoms with E-state index in [0.717, 1.165) is 5.56 Å². The Morgan fingerprint density at radius 3 is 2.62 bits per heavy atom. The molecule has 0 aliphatic heterocycles. The average Bonchev–Trinajstić information content (AvgIpc) is 2.58. The highest BCUT2D eigenvalue weighted by molar-refractivity contribution is 7.89. The minimum Gasteiger partial charge on any atom is -0.348 e. The molecule has 2 aromatic carbocycles. The van der Waals surface area contributed by atoms with E-state index in [2.05, 4.69) is 16.6 Å². The molecule has 126 valence electrons. The van der Waals surface area contributed by atoms with Crippen LogP contribution in [0.3, 0.4) is 0 Å². The minimum absolute atomic E-state index is 0.0276. The fourth-order valence-electron chi connectivity index (χ4n) is 1.99. The smallest absolute Gasteiger partial charge is 0.251 e. The molecule has 0 bridgehead atoms. The highest BCUT2D eigenvalue weighted by Crippen LogP contribution is 2.13. The molecule has 0 atom stereocenters. The molecule has 0 radical (unpaired) electrons. The molecular weight excluding hydrogens is 348 g/mol. The van der Waals surface area contributed by atoms with Crippen molar-refractivity contribution in [1.29, 1.82) is 0 Å². The van der Waals surface area contributed by atoms with Gasteiger partial charge in [0, 0.05) is 23.7 Å². The molecule has 0 unspecified atom stereocenters. The predicted molar refractivity (Wildman–Crippen MR) is 94.4 cm³/mol. The quantitative estimate of drug-likeness (QED) is 0.742. The summed E-state index contributed by atoms with van der Waals surface area (Å²) < 4.78 is 26.5. The SMILES string of the molecule is C=CCNS(=O)(=O)c1cccc(C(=O)NCc2cccc(Cl)c2)c1. The maximum absolute atomic E-state index is 12.2. The molecular formula is C17H17ClN2O3S. The fraction of sp³-hybridized carbons (Fsp3) is 0.118. The van der Waals surface area contributed by atoms with Crippen LogP contribution in [0.4, 0.5) is 0 Å². The van der Waals surface area contributed by atoms with Gasteiger partial charge in [0.05, 0.1) is 4.90 Å². The lowest BCUT2D eigenvalue weighted by molar-refractivity contribution is 0.0950. The molecule has 0 saturated heterocycles. The van der Waals surface area contributed by atoms with Crippen LogP contribution >= 0.6 is 11.6 Å². The normalized spacial score (nSPS) is 11.0. The van der Waals surface area contributed by atoms with Crippen molar-refractivity contribution in [1.82, 2.24) is 10.0 Å². The molecule has 0 aliphatic carbocycles. The van der Waals surface area contributed by atoms with Crippen molar-refractivity contribution in [2.75, 3.05) is 6.54 Å². The van der Waals surface area contributed by atoms with Crippen molar-refractivity contribution in [2.45, 2.75) is 11.4 Å². The molecule has 0 spiro atoms. The zero-order valence-electron chi connectivity index (χ0n) is 12.8. The van der Waals surface area contributed by atoms with Crippen LogP contribution in [0.25, 0.3) is 0 Å². The number of amides is 1. The first-order chi connectivity index (χ1) is 11.4. The monoisotopic (exact) mass is 364 g/mol. The third kappa shape index (κ3) is 4.92. The van der Waals surface area contributed by atoms with Gasteiger partial charge in [-0.15, -0.1) is 6.58 Å². The summed E-state index contributed by atoms with van der Waals surface area (Å²) in [4.78, 5) is 12.2. The zero-order valence-corrected chi connectivity index (χ0v) is 14.4. The van der Waals surface area contributed by atoms with Crippen molar-refractivity contribution in [3.63, 3.8) is 0 Å². The van der Waals surface area contributed by atoms with Crippen molar-refractivity contribution in [3.05, 3.63) is 77.3 Å². The van der Waals surface area contributed by atoms with Gasteiger partial charge in [-0.2, -0.15) is 0 Å². The van der Waals surface area contributed by atoms with Gasteiger partial charge < -0.3 is 5.32 Å². The lowest BCUT2D eigenvalue weighted by Gasteiger charge is -2.08. The van der Waals surface area contributed by atoms with Crippen LogP contribution in [0.5, 0.6) is 0 Å². The van der Waals surface area contributed by atoms with Gasteiger partial charge in [-0.3, -0.25) is 4.79 Å². The standard InChI is InChI=1S/C17H17ClN2O3S/c1-2-9-20-24(22,23)16-8-4-6-14(11-16)17(21)19-12-13-5-3-7-15(18)10-13/h2-8,10-11,20H,1,9,12H2,(H,19,21). The molecule has 0 saturated carbocycles. The summed E-state index contributed by atoms with van der Waals surface area (Å²) in [5, 5.41) is 3.32. The molecule has 1 amide bonds. The van der Waals surface area contributed by atoms with E-state index in [-0.39, 0.29) is 22.9 Å². The Bertz CT molecular complexity index is 850. The summed E-state index contributed by atoms with van der Waals surface area (Å²) in [6.45, 7) is 3.88. The second-order valence-corrected chi connectivity index (χ2v) is 7.18. The van der Waals surface area contributed by atoms with Gasteiger partial charge in [0.2, 0.25) is 10.0 Å². The number of benzene rings is 2. The van der Waals surface area contributed by atoms with Gasteiger partial charge >= 0.3 is 0 Å². The molecule has 0 heterocycles. The highest BCUT2D eigenvalue weighted by atomic mass is 35.5. The summed E-state index contributed by atoms with van der Waals surface area (Å²) >= 11 is 5.90. The van der Waals surface area contributed by atoms with Gasteiger partial charge in [-0.25, -0.2) is 13.1 Å². The summed E-state index contributed by atoms with van der Waals surface area (Å²) in [5.74, 6) is -0.365. The lowest BCUT2D eigenvalue weighted by Crippen LogP contribution is -2.25. The molecule has 2 aromatic rings. The van der Waals surface area contributed by atoms with Gasteiger partial charge in [0.15, 0.2) is 0 Å². The Labute approximate surface area is 146 Å². The van der Waals surface area contributed by atoms with E-state index in [4.69, 9.17) is 11.6 Å². The van der Waals surface area contributed by atoms with Gasteiger partial charge in [-0.1, -0.05) is 35.9 Å². The summed E-state index contributed by atoms with van der Waals surface area (Å²) in [6.07, 6.45) is 1.44. The van der Waals surface area contributed by atoms with Crippen LogP contribution in [0.15, 0.2) is 66.1 Å². The Kier molecular flexibility index (Phi) is 6.14. The summed E-state index contributed by atoms with van der Waals surface area (Å²) in [5.41, 5.74) is 1.12. The lowest BCUT2D eigenvalue weighted by atomic mass is 10.2. The first-order valence-electron chi connectivity index (χ1n) is 7.15. The van der Waals surface area contributed by atoms with E-state index in [0.29, 0.717) is 11.6 Å². The van der Waals surface area contributed by atoms with E-state index in [1.165, 1.54) is 24.3 Å². The van der Waals surface area contributed by atoms with Crippen molar-refractivity contribution < 1.29 is 13.2 Å². The van der Waals surface area contributed by atoms with Crippen LogP contribution in [0, 0.1) is 0 Å². The van der Waals surface area contributed by atoms with Crippen LogP contribution in [0.1, 0.15) is 15.9 Å². The van der Waals surface area contributed by atoms with Gasteiger partial charge in [-0.05, 0) is 35.9 Å². The Balaban J connectivity index is 2.10. The second kappa shape index (κ2) is 8.10. The molecule has 0 aliphatic rings. The number of nitrogens with one attached hydrogen (secondary N) is 2. The number of sulfonamides is 1. The summed E-state index contributed by atoms with van der Waals surface area (Å²) in [7, 11) is -3.67. The average molecular weight is 365 g/mol. The third-order valence-corrected chi connectivity index (χ3v) is 4.82. The Hall–Kier alpha value is -2.15. The van der Waals surface area contributed by atoms with E-state index in [1.54, 1.807) is 24.3 Å². The number of rotatable bonds is 7. The molecule has 0 fully saturated rings. The van der Waals surface area contributed by atoms with Crippen LogP contribution in [0.2, 0.25) is 5.02 Å². The number of hydrogen-bond donors (Lipinski definition) is 2. The fourth-order valence-corrected chi connectivity index (χ4v) is 3.24. The number of carbonyl (C=O) groups is 1. The van der Waals surface area contributed by atoms with Gasteiger partial charge in [0.25, 0.3) is 5.91 Å². The molecule has 7 heteroatoms. The largest absolute Gasteiger partial charge is 0.348 e. The maximum Gasteiger partial charge on any atom is 0.251 e. The first kappa shape index (κ1) is 18.2. The van der Waals surface area contributed by atoms with E-state index >= 15 is 0 Å². The van der Waals surface area contributed by atoms with Gasteiger partial charge in [0.1, 0.15) is 0 Å². The van der Waals surface area contributed by atoms with Crippen molar-refractivity contribution in [2.24, 2.45) is 0 Å².